The number of ether oxygens (including phenoxy) is 1. The van der Waals surface area contributed by atoms with Crippen LogP contribution in [0.25, 0.3) is 0 Å². The summed E-state index contributed by atoms with van der Waals surface area (Å²) in [5.74, 6) is 1.54. The van der Waals surface area contributed by atoms with Crippen LogP contribution in [-0.2, 0) is 17.8 Å². The molecule has 2 heterocycles. The van der Waals surface area contributed by atoms with Crippen molar-refractivity contribution in [3.8, 4) is 5.75 Å². The fourth-order valence-corrected chi connectivity index (χ4v) is 3.09. The molecule has 0 aliphatic carbocycles. The van der Waals surface area contributed by atoms with Crippen molar-refractivity contribution in [3.63, 3.8) is 0 Å². The fraction of sp³-hybridized carbons (Fsp3) is 0.158. The minimum Gasteiger partial charge on any atom is -0.496 e. The van der Waals surface area contributed by atoms with Gasteiger partial charge in [-0.15, -0.1) is 11.3 Å². The normalized spacial score (nSPS) is 10.3. The van der Waals surface area contributed by atoms with Crippen LogP contribution in [0.1, 0.15) is 10.4 Å². The van der Waals surface area contributed by atoms with E-state index < -0.39 is 0 Å². The fourth-order valence-electron chi connectivity index (χ4n) is 2.38. The number of para-hydroxylation sites is 1. The molecule has 0 aliphatic rings. The molecular formula is C19H19N3O2S. The molecule has 25 heavy (non-hydrogen) atoms. The number of thiophene rings is 1. The van der Waals surface area contributed by atoms with Gasteiger partial charge in [0, 0.05) is 17.0 Å². The van der Waals surface area contributed by atoms with E-state index in [9.17, 15) is 4.79 Å². The van der Waals surface area contributed by atoms with E-state index in [1.54, 1.807) is 24.6 Å². The van der Waals surface area contributed by atoms with Crippen LogP contribution in [0.4, 0.5) is 11.5 Å². The molecule has 0 bridgehead atoms. The molecule has 3 rings (SSSR count). The van der Waals surface area contributed by atoms with E-state index in [1.165, 1.54) is 0 Å². The topological polar surface area (TPSA) is 63.2 Å². The van der Waals surface area contributed by atoms with Crippen molar-refractivity contribution >= 4 is 28.7 Å². The first-order valence-corrected chi connectivity index (χ1v) is 8.76. The molecule has 3 aromatic rings. The molecule has 2 N–H and O–H groups in total. The highest BCUT2D eigenvalue weighted by molar-refractivity contribution is 7.10. The van der Waals surface area contributed by atoms with Gasteiger partial charge >= 0.3 is 0 Å². The molecule has 0 atom stereocenters. The second-order valence-corrected chi connectivity index (χ2v) is 6.43. The summed E-state index contributed by atoms with van der Waals surface area (Å²) in [6, 6.07) is 15.4. The summed E-state index contributed by atoms with van der Waals surface area (Å²) in [6.45, 7) is 0.612. The van der Waals surface area contributed by atoms with Crippen LogP contribution in [0.15, 0.2) is 60.1 Å². The molecule has 0 saturated carbocycles. The lowest BCUT2D eigenvalue weighted by Crippen LogP contribution is -2.14. The van der Waals surface area contributed by atoms with Gasteiger partial charge < -0.3 is 15.4 Å². The molecule has 0 aliphatic heterocycles. The highest BCUT2D eigenvalue weighted by atomic mass is 32.1. The van der Waals surface area contributed by atoms with Crippen LogP contribution < -0.4 is 15.4 Å². The Morgan fingerprint density at radius 2 is 2.04 bits per heavy atom. The largest absolute Gasteiger partial charge is 0.496 e. The van der Waals surface area contributed by atoms with Crippen molar-refractivity contribution in [1.82, 2.24) is 4.98 Å². The van der Waals surface area contributed by atoms with Crippen LogP contribution in [0.3, 0.4) is 0 Å². The van der Waals surface area contributed by atoms with Crippen LogP contribution in [-0.4, -0.2) is 18.0 Å². The Bertz CT molecular complexity index is 817. The van der Waals surface area contributed by atoms with Crippen molar-refractivity contribution < 1.29 is 9.53 Å². The maximum atomic E-state index is 12.0. The molecule has 1 amide bonds. The van der Waals surface area contributed by atoms with E-state index in [2.05, 4.69) is 15.6 Å². The van der Waals surface area contributed by atoms with Crippen LogP contribution in [0, 0.1) is 0 Å². The molecule has 0 fully saturated rings. The third kappa shape index (κ3) is 4.81. The molecule has 0 spiro atoms. The van der Waals surface area contributed by atoms with Crippen molar-refractivity contribution in [2.75, 3.05) is 17.7 Å². The zero-order valence-electron chi connectivity index (χ0n) is 13.9. The molecule has 1 aromatic carbocycles. The first kappa shape index (κ1) is 17.0. The Labute approximate surface area is 150 Å². The number of hydrogen-bond donors (Lipinski definition) is 2. The van der Waals surface area contributed by atoms with Crippen molar-refractivity contribution in [3.05, 3.63) is 70.5 Å². The van der Waals surface area contributed by atoms with E-state index in [1.807, 2.05) is 53.9 Å². The van der Waals surface area contributed by atoms with Crippen LogP contribution in [0.2, 0.25) is 0 Å². The summed E-state index contributed by atoms with van der Waals surface area (Å²) in [7, 11) is 1.66. The van der Waals surface area contributed by atoms with Gasteiger partial charge in [-0.1, -0.05) is 24.3 Å². The second-order valence-electron chi connectivity index (χ2n) is 5.40. The zero-order chi connectivity index (χ0) is 17.5. The van der Waals surface area contributed by atoms with Gasteiger partial charge in [0.05, 0.1) is 25.4 Å². The Balaban J connectivity index is 1.54. The Kier molecular flexibility index (Phi) is 5.64. The number of nitrogens with zero attached hydrogens (tertiary/aromatic N) is 1. The van der Waals surface area contributed by atoms with Crippen molar-refractivity contribution in [2.24, 2.45) is 0 Å². The van der Waals surface area contributed by atoms with E-state index in [4.69, 9.17) is 4.74 Å². The van der Waals surface area contributed by atoms with Crippen molar-refractivity contribution in [1.29, 1.82) is 0 Å². The third-order valence-corrected chi connectivity index (χ3v) is 4.49. The first-order valence-electron chi connectivity index (χ1n) is 7.88. The standard InChI is InChI=1S/C19H19N3O2S/c1-24-17-7-3-2-5-14(17)12-20-18-9-8-15(13-21-18)22-19(23)11-16-6-4-10-25-16/h2-10,13H,11-12H2,1H3,(H,20,21)(H,22,23). The van der Waals surface area contributed by atoms with Crippen LogP contribution in [0.5, 0.6) is 5.75 Å². The molecule has 6 heteroatoms. The van der Waals surface area contributed by atoms with Gasteiger partial charge in [-0.05, 0) is 29.6 Å². The third-order valence-electron chi connectivity index (χ3n) is 3.61. The van der Waals surface area contributed by atoms with Gasteiger partial charge in [-0.2, -0.15) is 0 Å². The summed E-state index contributed by atoms with van der Waals surface area (Å²) < 4.78 is 5.33. The van der Waals surface area contributed by atoms with Gasteiger partial charge in [0.15, 0.2) is 0 Å². The smallest absolute Gasteiger partial charge is 0.229 e. The number of carbonyl (C=O) groups excluding carboxylic acids is 1. The highest BCUT2D eigenvalue weighted by Crippen LogP contribution is 2.19. The van der Waals surface area contributed by atoms with Gasteiger partial charge in [-0.3, -0.25) is 4.79 Å². The molecule has 0 radical (unpaired) electrons. The maximum absolute atomic E-state index is 12.0. The number of carbonyl (C=O) groups is 1. The average molecular weight is 353 g/mol. The maximum Gasteiger partial charge on any atom is 0.229 e. The molecule has 0 saturated heterocycles. The summed E-state index contributed by atoms with van der Waals surface area (Å²) >= 11 is 1.58. The average Bonchev–Trinajstić information content (AvgIpc) is 3.14. The van der Waals surface area contributed by atoms with Crippen molar-refractivity contribution in [2.45, 2.75) is 13.0 Å². The molecule has 0 unspecified atom stereocenters. The van der Waals surface area contributed by atoms with Gasteiger partial charge in [0.2, 0.25) is 5.91 Å². The summed E-state index contributed by atoms with van der Waals surface area (Å²) in [5.41, 5.74) is 1.74. The van der Waals surface area contributed by atoms with Gasteiger partial charge in [-0.25, -0.2) is 4.98 Å². The molecule has 2 aromatic heterocycles. The minimum absolute atomic E-state index is 0.0426. The SMILES string of the molecule is COc1ccccc1CNc1ccc(NC(=O)Cc2cccs2)cn1. The number of benzene rings is 1. The Morgan fingerprint density at radius 3 is 2.76 bits per heavy atom. The number of anilines is 2. The van der Waals surface area contributed by atoms with E-state index >= 15 is 0 Å². The van der Waals surface area contributed by atoms with Crippen LogP contribution >= 0.6 is 11.3 Å². The summed E-state index contributed by atoms with van der Waals surface area (Å²) in [6.07, 6.45) is 2.03. The van der Waals surface area contributed by atoms with Gasteiger partial charge in [0.25, 0.3) is 0 Å². The number of hydrogen-bond acceptors (Lipinski definition) is 5. The lowest BCUT2D eigenvalue weighted by Gasteiger charge is -2.10. The predicted molar refractivity (Wildman–Crippen MR) is 101 cm³/mol. The number of amides is 1. The zero-order valence-corrected chi connectivity index (χ0v) is 14.7. The summed E-state index contributed by atoms with van der Waals surface area (Å²) in [5, 5.41) is 8.07. The number of rotatable bonds is 7. The quantitative estimate of drug-likeness (QED) is 0.675. The van der Waals surface area contributed by atoms with E-state index in [-0.39, 0.29) is 5.91 Å². The number of methoxy groups -OCH3 is 1. The lowest BCUT2D eigenvalue weighted by molar-refractivity contribution is -0.115. The van der Waals surface area contributed by atoms with E-state index in [0.717, 1.165) is 22.0 Å². The summed E-state index contributed by atoms with van der Waals surface area (Å²) in [4.78, 5) is 17.4. The minimum atomic E-state index is -0.0426. The number of aromatic nitrogens is 1. The first-order chi connectivity index (χ1) is 12.2. The highest BCUT2D eigenvalue weighted by Gasteiger charge is 2.06. The number of nitrogens with one attached hydrogen (secondary N) is 2. The lowest BCUT2D eigenvalue weighted by atomic mass is 10.2. The van der Waals surface area contributed by atoms with E-state index in [0.29, 0.717) is 18.7 Å². The molecule has 128 valence electrons. The van der Waals surface area contributed by atoms with Gasteiger partial charge in [0.1, 0.15) is 11.6 Å². The monoisotopic (exact) mass is 353 g/mol. The Hall–Kier alpha value is -2.86. The molecule has 5 nitrogen and oxygen atoms in total. The molecular weight excluding hydrogens is 334 g/mol. The second kappa shape index (κ2) is 8.30. The number of pyridine rings is 1. The Morgan fingerprint density at radius 1 is 1.16 bits per heavy atom. The predicted octanol–water partition coefficient (Wildman–Crippen LogP) is 3.95.